The molecule has 5 heteroatoms. The monoisotopic (exact) mass is 365 g/mol. The Morgan fingerprint density at radius 2 is 2.04 bits per heavy atom. The number of carbonyl (C=O) groups is 2. The Kier molecular flexibility index (Phi) is 6.22. The minimum atomic E-state index is -0.245. The van der Waals surface area contributed by atoms with Crippen LogP contribution in [-0.2, 0) is 16.1 Å². The number of carbonyl (C=O) groups excluding carboxylic acids is 2. The number of nitrogens with zero attached hydrogens (tertiary/aromatic N) is 2. The molecule has 1 saturated carbocycles. The second kappa shape index (κ2) is 8.80. The summed E-state index contributed by atoms with van der Waals surface area (Å²) in [7, 11) is 1.83. The molecule has 1 aliphatic rings. The van der Waals surface area contributed by atoms with Crippen molar-refractivity contribution in [2.24, 2.45) is 11.8 Å². The lowest BCUT2D eigenvalue weighted by Gasteiger charge is -2.32. The van der Waals surface area contributed by atoms with E-state index in [4.69, 9.17) is 0 Å². The Balaban J connectivity index is 1.74. The van der Waals surface area contributed by atoms with E-state index in [0.29, 0.717) is 13.1 Å². The summed E-state index contributed by atoms with van der Waals surface area (Å²) in [5.41, 5.74) is 1.09. The molecule has 1 aromatic carbocycles. The van der Waals surface area contributed by atoms with Crippen molar-refractivity contribution in [2.75, 3.05) is 13.6 Å². The summed E-state index contributed by atoms with van der Waals surface area (Å²) in [6, 6.07) is 8.04. The molecule has 0 bridgehead atoms. The Morgan fingerprint density at radius 3 is 2.81 bits per heavy atom. The molecule has 142 valence electrons. The average Bonchev–Trinajstić information content (AvgIpc) is 2.71. The zero-order valence-corrected chi connectivity index (χ0v) is 15.9. The Labute approximate surface area is 160 Å². The van der Waals surface area contributed by atoms with Crippen LogP contribution in [0.25, 0.3) is 10.8 Å². The topological polar surface area (TPSA) is 62.3 Å². The number of hydrogen-bond acceptors (Lipinski definition) is 3. The Hall–Kier alpha value is -2.69. The van der Waals surface area contributed by atoms with Crippen molar-refractivity contribution < 1.29 is 9.59 Å². The van der Waals surface area contributed by atoms with Crippen molar-refractivity contribution in [3.8, 4) is 0 Å². The number of amides is 2. The van der Waals surface area contributed by atoms with Crippen LogP contribution >= 0.6 is 0 Å². The van der Waals surface area contributed by atoms with E-state index >= 15 is 0 Å². The molecule has 1 heterocycles. The van der Waals surface area contributed by atoms with Gasteiger partial charge in [-0.3, -0.25) is 14.6 Å². The third kappa shape index (κ3) is 4.35. The van der Waals surface area contributed by atoms with Crippen LogP contribution in [0.3, 0.4) is 0 Å². The van der Waals surface area contributed by atoms with Gasteiger partial charge in [0.05, 0.1) is 0 Å². The van der Waals surface area contributed by atoms with E-state index in [0.717, 1.165) is 42.0 Å². The van der Waals surface area contributed by atoms with Crippen LogP contribution in [-0.4, -0.2) is 35.3 Å². The lowest BCUT2D eigenvalue weighted by Crippen LogP contribution is -2.44. The van der Waals surface area contributed by atoms with E-state index in [-0.39, 0.29) is 23.7 Å². The standard InChI is InChI=1S/C22H27N3O2/c1-3-12-24-21(26)19-9-4-5-10-20(19)22(27)25(2)15-17-8-6-7-16-14-23-13-11-18(16)17/h3,6-8,11,13-14,19-20H,1,4-5,9-10,12,15H2,2H3,(H,24,26)/t19-,20+/m0/s1. The van der Waals surface area contributed by atoms with Crippen molar-refractivity contribution >= 4 is 22.6 Å². The van der Waals surface area contributed by atoms with Crippen molar-refractivity contribution in [3.63, 3.8) is 0 Å². The first-order valence-electron chi connectivity index (χ1n) is 9.57. The number of benzene rings is 1. The van der Waals surface area contributed by atoms with Gasteiger partial charge in [-0.05, 0) is 29.9 Å². The van der Waals surface area contributed by atoms with Crippen molar-refractivity contribution in [1.82, 2.24) is 15.2 Å². The summed E-state index contributed by atoms with van der Waals surface area (Å²) >= 11 is 0. The number of aromatic nitrogens is 1. The molecule has 1 N–H and O–H groups in total. The fraction of sp³-hybridized carbons (Fsp3) is 0.409. The molecule has 0 aliphatic heterocycles. The number of rotatable bonds is 6. The molecule has 0 unspecified atom stereocenters. The summed E-state index contributed by atoms with van der Waals surface area (Å²) in [5.74, 6) is -0.465. The van der Waals surface area contributed by atoms with E-state index in [9.17, 15) is 9.59 Å². The summed E-state index contributed by atoms with van der Waals surface area (Å²) in [6.07, 6.45) is 8.81. The van der Waals surface area contributed by atoms with Crippen LogP contribution in [0, 0.1) is 11.8 Å². The predicted molar refractivity (Wildman–Crippen MR) is 107 cm³/mol. The maximum absolute atomic E-state index is 13.1. The van der Waals surface area contributed by atoms with Crippen LogP contribution < -0.4 is 5.32 Å². The molecule has 2 amide bonds. The zero-order valence-electron chi connectivity index (χ0n) is 15.9. The SMILES string of the molecule is C=CCNC(=O)[C@H]1CCCC[C@H]1C(=O)N(C)Cc1cccc2cnccc12. The van der Waals surface area contributed by atoms with E-state index < -0.39 is 0 Å². The van der Waals surface area contributed by atoms with Crippen molar-refractivity contribution in [2.45, 2.75) is 32.2 Å². The Bertz CT molecular complexity index is 828. The maximum Gasteiger partial charge on any atom is 0.226 e. The molecule has 1 aromatic heterocycles. The number of fused-ring (bicyclic) bond motifs is 1. The van der Waals surface area contributed by atoms with E-state index in [1.807, 2.05) is 37.5 Å². The average molecular weight is 365 g/mol. The fourth-order valence-corrected chi connectivity index (χ4v) is 3.99. The molecular formula is C22H27N3O2. The van der Waals surface area contributed by atoms with E-state index in [2.05, 4.69) is 16.9 Å². The first-order valence-corrected chi connectivity index (χ1v) is 9.57. The van der Waals surface area contributed by atoms with Crippen molar-refractivity contribution in [3.05, 3.63) is 54.9 Å². The summed E-state index contributed by atoms with van der Waals surface area (Å²) < 4.78 is 0. The fourth-order valence-electron chi connectivity index (χ4n) is 3.99. The third-order valence-electron chi connectivity index (χ3n) is 5.40. The van der Waals surface area contributed by atoms with Crippen LogP contribution in [0.2, 0.25) is 0 Å². The number of pyridine rings is 1. The highest BCUT2D eigenvalue weighted by Gasteiger charge is 2.36. The van der Waals surface area contributed by atoms with Gasteiger partial charge in [-0.2, -0.15) is 0 Å². The van der Waals surface area contributed by atoms with Gasteiger partial charge in [-0.1, -0.05) is 37.1 Å². The second-order valence-corrected chi connectivity index (χ2v) is 7.24. The molecule has 1 fully saturated rings. The van der Waals surface area contributed by atoms with Gasteiger partial charge >= 0.3 is 0 Å². The highest BCUT2D eigenvalue weighted by Crippen LogP contribution is 2.32. The minimum Gasteiger partial charge on any atom is -0.352 e. The van der Waals surface area contributed by atoms with Crippen molar-refractivity contribution in [1.29, 1.82) is 0 Å². The van der Waals surface area contributed by atoms with Gasteiger partial charge in [0.25, 0.3) is 0 Å². The van der Waals surface area contributed by atoms with E-state index in [1.165, 1.54) is 0 Å². The number of hydrogen-bond donors (Lipinski definition) is 1. The Morgan fingerprint density at radius 1 is 1.26 bits per heavy atom. The van der Waals surface area contributed by atoms with Crippen LogP contribution in [0.15, 0.2) is 49.3 Å². The third-order valence-corrected chi connectivity index (χ3v) is 5.40. The lowest BCUT2D eigenvalue weighted by molar-refractivity contribution is -0.143. The van der Waals surface area contributed by atoms with Crippen LogP contribution in [0.1, 0.15) is 31.2 Å². The summed E-state index contributed by atoms with van der Waals surface area (Å²) in [5, 5.41) is 5.04. The summed E-state index contributed by atoms with van der Waals surface area (Å²) in [6.45, 7) is 4.60. The maximum atomic E-state index is 13.1. The van der Waals surface area contributed by atoms with Gasteiger partial charge in [0.15, 0.2) is 0 Å². The molecule has 1 aliphatic carbocycles. The quantitative estimate of drug-likeness (QED) is 0.799. The van der Waals surface area contributed by atoms with Gasteiger partial charge < -0.3 is 10.2 Å². The smallest absolute Gasteiger partial charge is 0.226 e. The van der Waals surface area contributed by atoms with Crippen LogP contribution in [0.4, 0.5) is 0 Å². The first-order chi connectivity index (χ1) is 13.1. The lowest BCUT2D eigenvalue weighted by atomic mass is 9.77. The second-order valence-electron chi connectivity index (χ2n) is 7.24. The highest BCUT2D eigenvalue weighted by molar-refractivity contribution is 5.89. The number of nitrogens with one attached hydrogen (secondary N) is 1. The van der Waals surface area contributed by atoms with E-state index in [1.54, 1.807) is 17.2 Å². The largest absolute Gasteiger partial charge is 0.352 e. The van der Waals surface area contributed by atoms with Gasteiger partial charge in [0, 0.05) is 49.8 Å². The first kappa shape index (κ1) is 19.1. The molecule has 3 rings (SSSR count). The molecular weight excluding hydrogens is 338 g/mol. The minimum absolute atomic E-state index is 0.0300. The molecule has 2 atom stereocenters. The van der Waals surface area contributed by atoms with Crippen LogP contribution in [0.5, 0.6) is 0 Å². The van der Waals surface area contributed by atoms with Gasteiger partial charge in [-0.25, -0.2) is 0 Å². The van der Waals surface area contributed by atoms with Gasteiger partial charge in [-0.15, -0.1) is 6.58 Å². The normalized spacial score (nSPS) is 19.4. The molecule has 0 saturated heterocycles. The molecule has 0 spiro atoms. The summed E-state index contributed by atoms with van der Waals surface area (Å²) in [4.78, 5) is 31.6. The van der Waals surface area contributed by atoms with Gasteiger partial charge in [0.2, 0.25) is 11.8 Å². The van der Waals surface area contributed by atoms with Gasteiger partial charge in [0.1, 0.15) is 0 Å². The molecule has 2 aromatic rings. The molecule has 27 heavy (non-hydrogen) atoms. The highest BCUT2D eigenvalue weighted by atomic mass is 16.2. The zero-order chi connectivity index (χ0) is 19.2. The molecule has 5 nitrogen and oxygen atoms in total. The molecule has 0 radical (unpaired) electrons. The predicted octanol–water partition coefficient (Wildman–Crippen LogP) is 3.30.